The summed E-state index contributed by atoms with van der Waals surface area (Å²) >= 11 is 0. The molecule has 0 saturated carbocycles. The molecule has 3 nitrogen and oxygen atoms in total. The Hall–Kier alpha value is -2.13. The Morgan fingerprint density at radius 3 is 2.56 bits per heavy atom. The molecule has 18 heavy (non-hydrogen) atoms. The first-order valence-corrected chi connectivity index (χ1v) is 5.89. The summed E-state index contributed by atoms with van der Waals surface area (Å²) in [6, 6.07) is 17.4. The number of hydrogen-bond acceptors (Lipinski definition) is 2. The van der Waals surface area contributed by atoms with Crippen molar-refractivity contribution in [2.24, 2.45) is 0 Å². The molecule has 0 unspecified atom stereocenters. The van der Waals surface area contributed by atoms with Gasteiger partial charge in [0.1, 0.15) is 0 Å². The molecule has 2 N–H and O–H groups in total. The monoisotopic (exact) mass is 240 g/mol. The highest BCUT2D eigenvalue weighted by molar-refractivity contribution is 5.93. The van der Waals surface area contributed by atoms with Gasteiger partial charge in [0.05, 0.1) is 0 Å². The third-order valence-electron chi connectivity index (χ3n) is 2.62. The van der Waals surface area contributed by atoms with Crippen LogP contribution >= 0.6 is 0 Å². The summed E-state index contributed by atoms with van der Waals surface area (Å²) in [4.78, 5) is 11.8. The van der Waals surface area contributed by atoms with Crippen LogP contribution in [0.5, 0.6) is 0 Å². The zero-order chi connectivity index (χ0) is 12.8. The van der Waals surface area contributed by atoms with Crippen LogP contribution in [0.1, 0.15) is 21.5 Å². The van der Waals surface area contributed by atoms with Gasteiger partial charge < -0.3 is 0 Å². The maximum atomic E-state index is 11.8. The largest absolute Gasteiger partial charge is 0.287 e. The Bertz CT molecular complexity index is 523. The smallest absolute Gasteiger partial charge is 0.265 e. The number of benzene rings is 2. The van der Waals surface area contributed by atoms with Gasteiger partial charge in [0.2, 0.25) is 0 Å². The molecule has 0 aliphatic rings. The number of hydrazine groups is 1. The van der Waals surface area contributed by atoms with Crippen molar-refractivity contribution in [3.8, 4) is 0 Å². The van der Waals surface area contributed by atoms with Gasteiger partial charge in [0, 0.05) is 12.1 Å². The minimum absolute atomic E-state index is 0.116. The number of carbonyl (C=O) groups excluding carboxylic acids is 1. The predicted molar refractivity (Wildman–Crippen MR) is 71.9 cm³/mol. The Morgan fingerprint density at radius 2 is 1.83 bits per heavy atom. The van der Waals surface area contributed by atoms with Crippen molar-refractivity contribution in [2.75, 3.05) is 0 Å². The molecule has 2 aromatic rings. The molecule has 0 heterocycles. The average Bonchev–Trinajstić information content (AvgIpc) is 2.40. The second kappa shape index (κ2) is 5.98. The number of amides is 1. The predicted octanol–water partition coefficient (Wildman–Crippen LogP) is 2.43. The fourth-order valence-electron chi connectivity index (χ4n) is 1.68. The van der Waals surface area contributed by atoms with Gasteiger partial charge in [-0.25, -0.2) is 5.43 Å². The fraction of sp³-hybridized carbons (Fsp3) is 0.133. The van der Waals surface area contributed by atoms with Crippen molar-refractivity contribution >= 4 is 5.91 Å². The molecule has 1 amide bonds. The van der Waals surface area contributed by atoms with Crippen molar-refractivity contribution in [3.05, 3.63) is 71.3 Å². The number of nitrogens with one attached hydrogen (secondary N) is 2. The average molecular weight is 240 g/mol. The van der Waals surface area contributed by atoms with Gasteiger partial charge >= 0.3 is 0 Å². The number of rotatable bonds is 4. The van der Waals surface area contributed by atoms with Gasteiger partial charge in [-0.15, -0.1) is 0 Å². The molecule has 0 bridgehead atoms. The van der Waals surface area contributed by atoms with Crippen molar-refractivity contribution in [1.82, 2.24) is 10.9 Å². The standard InChI is InChI=1S/C15H16N2O/c1-12-6-5-9-14(10-12)15(18)17-16-11-13-7-3-2-4-8-13/h2-10,16H,11H2,1H3,(H,17,18). The summed E-state index contributed by atoms with van der Waals surface area (Å²) in [7, 11) is 0. The van der Waals surface area contributed by atoms with E-state index < -0.39 is 0 Å². The Kier molecular flexibility index (Phi) is 4.10. The highest BCUT2D eigenvalue weighted by atomic mass is 16.2. The molecule has 0 fully saturated rings. The van der Waals surface area contributed by atoms with E-state index in [9.17, 15) is 4.79 Å². The molecule has 0 aliphatic carbocycles. The first-order chi connectivity index (χ1) is 8.75. The van der Waals surface area contributed by atoms with Crippen molar-refractivity contribution in [2.45, 2.75) is 13.5 Å². The normalized spacial score (nSPS) is 10.1. The maximum Gasteiger partial charge on any atom is 0.265 e. The summed E-state index contributed by atoms with van der Waals surface area (Å²) in [5, 5.41) is 0. The van der Waals surface area contributed by atoms with Gasteiger partial charge in [0.25, 0.3) is 5.91 Å². The topological polar surface area (TPSA) is 41.1 Å². The van der Waals surface area contributed by atoms with Crippen LogP contribution < -0.4 is 10.9 Å². The van der Waals surface area contributed by atoms with Crippen molar-refractivity contribution < 1.29 is 4.79 Å². The molecule has 0 aromatic heterocycles. The molecular weight excluding hydrogens is 224 g/mol. The quantitative estimate of drug-likeness (QED) is 0.806. The van der Waals surface area contributed by atoms with Crippen LogP contribution in [-0.2, 0) is 6.54 Å². The third kappa shape index (κ3) is 3.43. The van der Waals surface area contributed by atoms with Gasteiger partial charge in [0.15, 0.2) is 0 Å². The first kappa shape index (κ1) is 12.3. The molecule has 0 spiro atoms. The zero-order valence-corrected chi connectivity index (χ0v) is 10.3. The van der Waals surface area contributed by atoms with Gasteiger partial charge in [-0.3, -0.25) is 10.2 Å². The van der Waals surface area contributed by atoms with Crippen molar-refractivity contribution in [3.63, 3.8) is 0 Å². The molecule has 0 saturated heterocycles. The maximum absolute atomic E-state index is 11.8. The SMILES string of the molecule is Cc1cccc(C(=O)NNCc2ccccc2)c1. The summed E-state index contributed by atoms with van der Waals surface area (Å²) in [5.74, 6) is -0.116. The van der Waals surface area contributed by atoms with E-state index in [0.29, 0.717) is 12.1 Å². The summed E-state index contributed by atoms with van der Waals surface area (Å²) < 4.78 is 0. The van der Waals surface area contributed by atoms with Crippen LogP contribution in [-0.4, -0.2) is 5.91 Å². The highest BCUT2D eigenvalue weighted by Gasteiger charge is 2.03. The molecule has 0 radical (unpaired) electrons. The summed E-state index contributed by atoms with van der Waals surface area (Å²) in [5.41, 5.74) is 8.47. The molecular formula is C15H16N2O. The second-order valence-electron chi connectivity index (χ2n) is 4.16. The second-order valence-corrected chi connectivity index (χ2v) is 4.16. The number of hydrogen-bond donors (Lipinski definition) is 2. The van der Waals surface area contributed by atoms with E-state index in [4.69, 9.17) is 0 Å². The van der Waals surface area contributed by atoms with Crippen LogP contribution in [0.15, 0.2) is 54.6 Å². The van der Waals surface area contributed by atoms with Gasteiger partial charge in [-0.2, -0.15) is 0 Å². The fourth-order valence-corrected chi connectivity index (χ4v) is 1.68. The minimum Gasteiger partial charge on any atom is -0.287 e. The van der Waals surface area contributed by atoms with Crippen LogP contribution in [0, 0.1) is 6.92 Å². The molecule has 0 atom stereocenters. The number of aryl methyl sites for hydroxylation is 1. The van der Waals surface area contributed by atoms with Crippen molar-refractivity contribution in [1.29, 1.82) is 0 Å². The number of carbonyl (C=O) groups is 1. The lowest BCUT2D eigenvalue weighted by atomic mass is 10.1. The molecule has 3 heteroatoms. The van der Waals surface area contributed by atoms with E-state index in [1.807, 2.05) is 55.5 Å². The zero-order valence-electron chi connectivity index (χ0n) is 10.3. The van der Waals surface area contributed by atoms with Gasteiger partial charge in [-0.1, -0.05) is 48.0 Å². The molecule has 0 aliphatic heterocycles. The van der Waals surface area contributed by atoms with E-state index in [2.05, 4.69) is 10.9 Å². The lowest BCUT2D eigenvalue weighted by Crippen LogP contribution is -2.36. The lowest BCUT2D eigenvalue weighted by Gasteiger charge is -2.07. The summed E-state index contributed by atoms with van der Waals surface area (Å²) in [6.45, 7) is 2.58. The van der Waals surface area contributed by atoms with Crippen LogP contribution in [0.2, 0.25) is 0 Å². The van der Waals surface area contributed by atoms with E-state index in [-0.39, 0.29) is 5.91 Å². The molecule has 2 aromatic carbocycles. The van der Waals surface area contributed by atoms with E-state index in [0.717, 1.165) is 11.1 Å². The highest BCUT2D eigenvalue weighted by Crippen LogP contribution is 2.03. The third-order valence-corrected chi connectivity index (χ3v) is 2.62. The molecule has 92 valence electrons. The van der Waals surface area contributed by atoms with E-state index >= 15 is 0 Å². The Balaban J connectivity index is 1.86. The minimum atomic E-state index is -0.116. The van der Waals surface area contributed by atoms with Crippen LogP contribution in [0.25, 0.3) is 0 Å². The summed E-state index contributed by atoms with van der Waals surface area (Å²) in [6.07, 6.45) is 0. The van der Waals surface area contributed by atoms with E-state index in [1.54, 1.807) is 6.07 Å². The van der Waals surface area contributed by atoms with Crippen LogP contribution in [0.4, 0.5) is 0 Å². The Labute approximate surface area is 107 Å². The Morgan fingerprint density at radius 1 is 1.06 bits per heavy atom. The van der Waals surface area contributed by atoms with E-state index in [1.165, 1.54) is 0 Å². The molecule has 2 rings (SSSR count). The van der Waals surface area contributed by atoms with Crippen LogP contribution in [0.3, 0.4) is 0 Å². The first-order valence-electron chi connectivity index (χ1n) is 5.89. The van der Waals surface area contributed by atoms with Gasteiger partial charge in [-0.05, 0) is 24.6 Å². The lowest BCUT2D eigenvalue weighted by molar-refractivity contribution is 0.0932.